The Morgan fingerprint density at radius 3 is 2.61 bits per heavy atom. The predicted octanol–water partition coefficient (Wildman–Crippen LogP) is 2.00. The molecule has 0 fully saturated rings. The van der Waals surface area contributed by atoms with E-state index in [4.69, 9.17) is 5.11 Å². The van der Waals surface area contributed by atoms with Gasteiger partial charge in [-0.25, -0.2) is 4.39 Å². The van der Waals surface area contributed by atoms with E-state index in [0.717, 1.165) is 16.7 Å². The Hall–Kier alpha value is -1.78. The summed E-state index contributed by atoms with van der Waals surface area (Å²) in [5.41, 5.74) is 2.79. The lowest BCUT2D eigenvalue weighted by molar-refractivity contribution is 0.281. The first-order valence-electron chi connectivity index (χ1n) is 5.77. The molecule has 1 aromatic carbocycles. The minimum Gasteiger partial charge on any atom is -0.392 e. The van der Waals surface area contributed by atoms with Crippen molar-refractivity contribution in [1.29, 1.82) is 0 Å². The number of nitrogens with zero attached hydrogens (tertiary/aromatic N) is 1. The van der Waals surface area contributed by atoms with Crippen LogP contribution < -0.4 is 5.32 Å². The second-order valence-corrected chi connectivity index (χ2v) is 4.09. The number of aromatic nitrogens is 1. The van der Waals surface area contributed by atoms with Crippen molar-refractivity contribution in [1.82, 2.24) is 10.3 Å². The molecule has 0 bridgehead atoms. The Morgan fingerprint density at radius 2 is 1.83 bits per heavy atom. The molecule has 0 saturated heterocycles. The second kappa shape index (κ2) is 6.23. The highest BCUT2D eigenvalue weighted by Crippen LogP contribution is 2.06. The molecule has 18 heavy (non-hydrogen) atoms. The van der Waals surface area contributed by atoms with Gasteiger partial charge >= 0.3 is 0 Å². The highest BCUT2D eigenvalue weighted by Gasteiger charge is 1.98. The van der Waals surface area contributed by atoms with E-state index < -0.39 is 0 Å². The summed E-state index contributed by atoms with van der Waals surface area (Å²) >= 11 is 0. The largest absolute Gasteiger partial charge is 0.392 e. The van der Waals surface area contributed by atoms with Gasteiger partial charge in [-0.1, -0.05) is 24.3 Å². The first kappa shape index (κ1) is 12.7. The first-order chi connectivity index (χ1) is 8.78. The molecule has 2 N–H and O–H groups in total. The molecule has 1 heterocycles. The van der Waals surface area contributed by atoms with Crippen LogP contribution in [0.15, 0.2) is 42.7 Å². The van der Waals surface area contributed by atoms with Crippen LogP contribution in [0.4, 0.5) is 4.39 Å². The molecule has 2 aromatic rings. The number of nitrogens with one attached hydrogen (secondary N) is 1. The van der Waals surface area contributed by atoms with Crippen molar-refractivity contribution in [2.24, 2.45) is 0 Å². The minimum atomic E-state index is -0.323. The fourth-order valence-corrected chi connectivity index (χ4v) is 1.74. The topological polar surface area (TPSA) is 45.1 Å². The summed E-state index contributed by atoms with van der Waals surface area (Å²) in [6.45, 7) is 1.28. The lowest BCUT2D eigenvalue weighted by Gasteiger charge is -2.06. The van der Waals surface area contributed by atoms with E-state index in [-0.39, 0.29) is 12.4 Å². The lowest BCUT2D eigenvalue weighted by atomic mass is 10.1. The third-order valence-corrected chi connectivity index (χ3v) is 2.59. The maximum atomic E-state index is 12.9. The van der Waals surface area contributed by atoms with Crippen LogP contribution in [-0.4, -0.2) is 10.1 Å². The van der Waals surface area contributed by atoms with Crippen LogP contribution >= 0.6 is 0 Å². The normalized spacial score (nSPS) is 10.6. The molecule has 0 radical (unpaired) electrons. The Balaban J connectivity index is 1.88. The molecule has 2 rings (SSSR count). The van der Waals surface area contributed by atoms with Crippen molar-refractivity contribution in [3.8, 4) is 0 Å². The van der Waals surface area contributed by atoms with Crippen LogP contribution in [0.3, 0.4) is 0 Å². The van der Waals surface area contributed by atoms with Gasteiger partial charge in [-0.15, -0.1) is 0 Å². The summed E-state index contributed by atoms with van der Waals surface area (Å²) < 4.78 is 12.9. The van der Waals surface area contributed by atoms with E-state index in [0.29, 0.717) is 13.1 Å². The Morgan fingerprint density at radius 1 is 1.06 bits per heavy atom. The van der Waals surface area contributed by atoms with Crippen LogP contribution in [0.25, 0.3) is 0 Å². The minimum absolute atomic E-state index is 0.0433. The summed E-state index contributed by atoms with van der Waals surface area (Å²) in [7, 11) is 0. The first-order valence-corrected chi connectivity index (χ1v) is 5.77. The van der Waals surface area contributed by atoms with Crippen molar-refractivity contribution in [3.63, 3.8) is 0 Å². The van der Waals surface area contributed by atoms with Crippen LogP contribution in [-0.2, 0) is 19.7 Å². The SMILES string of the molecule is OCc1cccc(CNCc2cncc(F)c2)c1. The van der Waals surface area contributed by atoms with E-state index in [1.165, 1.54) is 12.3 Å². The Kier molecular flexibility index (Phi) is 4.39. The second-order valence-electron chi connectivity index (χ2n) is 4.09. The van der Waals surface area contributed by atoms with Crippen LogP contribution in [0.2, 0.25) is 0 Å². The van der Waals surface area contributed by atoms with Crippen LogP contribution in [0.5, 0.6) is 0 Å². The molecular formula is C14H15FN2O. The zero-order valence-corrected chi connectivity index (χ0v) is 9.94. The molecule has 0 aliphatic rings. The maximum Gasteiger partial charge on any atom is 0.141 e. The summed E-state index contributed by atoms with van der Waals surface area (Å²) in [4.78, 5) is 3.79. The predicted molar refractivity (Wildman–Crippen MR) is 67.1 cm³/mol. The average Bonchev–Trinajstić information content (AvgIpc) is 2.39. The van der Waals surface area contributed by atoms with E-state index in [1.54, 1.807) is 6.20 Å². The van der Waals surface area contributed by atoms with Crippen molar-refractivity contribution >= 4 is 0 Å². The number of hydrogen-bond donors (Lipinski definition) is 2. The fourth-order valence-electron chi connectivity index (χ4n) is 1.74. The summed E-state index contributed by atoms with van der Waals surface area (Å²) in [6.07, 6.45) is 2.83. The third-order valence-electron chi connectivity index (χ3n) is 2.59. The van der Waals surface area contributed by atoms with Gasteiger partial charge in [0.05, 0.1) is 12.8 Å². The molecule has 0 atom stereocenters. The highest BCUT2D eigenvalue weighted by molar-refractivity contribution is 5.22. The molecule has 0 amide bonds. The molecule has 0 saturated carbocycles. The number of halogens is 1. The average molecular weight is 246 g/mol. The van der Waals surface area contributed by atoms with Gasteiger partial charge in [0.2, 0.25) is 0 Å². The van der Waals surface area contributed by atoms with Gasteiger partial charge in [0, 0.05) is 19.3 Å². The van der Waals surface area contributed by atoms with Gasteiger partial charge in [0.15, 0.2) is 0 Å². The van der Waals surface area contributed by atoms with Crippen molar-refractivity contribution in [2.45, 2.75) is 19.7 Å². The molecule has 0 unspecified atom stereocenters. The number of hydrogen-bond acceptors (Lipinski definition) is 3. The molecule has 3 nitrogen and oxygen atoms in total. The molecule has 94 valence electrons. The number of pyridine rings is 1. The summed E-state index contributed by atoms with van der Waals surface area (Å²) in [5, 5.41) is 12.2. The number of aliphatic hydroxyl groups is 1. The zero-order chi connectivity index (χ0) is 12.8. The smallest absolute Gasteiger partial charge is 0.141 e. The van der Waals surface area contributed by atoms with Crippen molar-refractivity contribution < 1.29 is 9.50 Å². The molecule has 1 aromatic heterocycles. The van der Waals surface area contributed by atoms with Gasteiger partial charge in [-0.2, -0.15) is 0 Å². The van der Waals surface area contributed by atoms with E-state index in [9.17, 15) is 4.39 Å². The van der Waals surface area contributed by atoms with Gasteiger partial charge in [0.1, 0.15) is 5.82 Å². The Bertz CT molecular complexity index is 517. The number of benzene rings is 1. The van der Waals surface area contributed by atoms with E-state index in [2.05, 4.69) is 10.3 Å². The molecule has 0 aliphatic heterocycles. The quantitative estimate of drug-likeness (QED) is 0.848. The van der Waals surface area contributed by atoms with Crippen LogP contribution in [0.1, 0.15) is 16.7 Å². The van der Waals surface area contributed by atoms with Crippen molar-refractivity contribution in [2.75, 3.05) is 0 Å². The summed E-state index contributed by atoms with van der Waals surface area (Å²) in [5.74, 6) is -0.323. The van der Waals surface area contributed by atoms with E-state index in [1.807, 2.05) is 24.3 Å². The lowest BCUT2D eigenvalue weighted by Crippen LogP contribution is -2.13. The summed E-state index contributed by atoms with van der Waals surface area (Å²) in [6, 6.07) is 9.17. The van der Waals surface area contributed by atoms with E-state index >= 15 is 0 Å². The van der Waals surface area contributed by atoms with Gasteiger partial charge < -0.3 is 10.4 Å². The monoisotopic (exact) mass is 246 g/mol. The molecule has 4 heteroatoms. The molecule has 0 spiro atoms. The fraction of sp³-hybridized carbons (Fsp3) is 0.214. The van der Waals surface area contributed by atoms with Crippen LogP contribution in [0, 0.1) is 5.82 Å². The Labute approximate surface area is 105 Å². The van der Waals surface area contributed by atoms with Gasteiger partial charge in [0.25, 0.3) is 0 Å². The highest BCUT2D eigenvalue weighted by atomic mass is 19.1. The van der Waals surface area contributed by atoms with Gasteiger partial charge in [-0.3, -0.25) is 4.98 Å². The molecule has 0 aliphatic carbocycles. The third kappa shape index (κ3) is 3.61. The number of rotatable bonds is 5. The zero-order valence-electron chi connectivity index (χ0n) is 9.94. The molecular weight excluding hydrogens is 231 g/mol. The maximum absolute atomic E-state index is 12.9. The van der Waals surface area contributed by atoms with Gasteiger partial charge in [-0.05, 0) is 22.8 Å². The van der Waals surface area contributed by atoms with Crippen molar-refractivity contribution in [3.05, 3.63) is 65.2 Å². The number of aliphatic hydroxyl groups excluding tert-OH is 1. The standard InChI is InChI=1S/C14H15FN2O/c15-14-5-13(8-17-9-14)7-16-6-11-2-1-3-12(4-11)10-18/h1-5,8-9,16,18H,6-7,10H2.